The van der Waals surface area contributed by atoms with Crippen molar-refractivity contribution in [2.24, 2.45) is 5.41 Å². The van der Waals surface area contributed by atoms with Gasteiger partial charge >= 0.3 is 0 Å². The Hall–Kier alpha value is -1.82. The lowest BCUT2D eigenvalue weighted by molar-refractivity contribution is -0.146. The lowest BCUT2D eigenvalue weighted by atomic mass is 9.78. The van der Waals surface area contributed by atoms with E-state index >= 15 is 0 Å². The highest BCUT2D eigenvalue weighted by molar-refractivity contribution is 5.94. The van der Waals surface area contributed by atoms with Crippen LogP contribution in [0.15, 0.2) is 18.3 Å². The van der Waals surface area contributed by atoms with Gasteiger partial charge in [-0.05, 0) is 44.2 Å². The van der Waals surface area contributed by atoms with Crippen molar-refractivity contribution < 1.29 is 14.7 Å². The Bertz CT molecular complexity index is 650. The number of nitrogens with zero attached hydrogens (tertiary/aromatic N) is 3. The summed E-state index contributed by atoms with van der Waals surface area (Å²) in [6.45, 7) is 2.29. The number of amides is 2. The van der Waals surface area contributed by atoms with Crippen LogP contribution in [0.25, 0.3) is 0 Å². The molecule has 1 aromatic heterocycles. The van der Waals surface area contributed by atoms with Crippen LogP contribution < -0.4 is 0 Å². The molecule has 1 N–H and O–H groups in total. The lowest BCUT2D eigenvalue weighted by Crippen LogP contribution is -2.51. The van der Waals surface area contributed by atoms with Crippen LogP contribution in [0.1, 0.15) is 48.6 Å². The van der Waals surface area contributed by atoms with Gasteiger partial charge in [0.15, 0.2) is 0 Å². The summed E-state index contributed by atoms with van der Waals surface area (Å²) >= 11 is 0. The van der Waals surface area contributed by atoms with E-state index in [1.54, 1.807) is 4.90 Å². The van der Waals surface area contributed by atoms with E-state index in [0.717, 1.165) is 44.3 Å². The zero-order valence-electron chi connectivity index (χ0n) is 14.0. The third-order valence-corrected chi connectivity index (χ3v) is 5.77. The van der Waals surface area contributed by atoms with Crippen molar-refractivity contribution in [2.45, 2.75) is 38.1 Å². The largest absolute Gasteiger partial charge is 0.395 e. The molecule has 2 amide bonds. The molecule has 24 heavy (non-hydrogen) atoms. The highest BCUT2D eigenvalue weighted by Gasteiger charge is 2.49. The van der Waals surface area contributed by atoms with E-state index in [9.17, 15) is 9.59 Å². The summed E-state index contributed by atoms with van der Waals surface area (Å²) in [5.74, 6) is 0.173. The maximum Gasteiger partial charge on any atom is 0.270 e. The number of rotatable bonds is 4. The Morgan fingerprint density at radius 1 is 1.29 bits per heavy atom. The van der Waals surface area contributed by atoms with Gasteiger partial charge in [0.25, 0.3) is 5.91 Å². The molecule has 0 radical (unpaired) electrons. The van der Waals surface area contributed by atoms with Crippen LogP contribution in [0.3, 0.4) is 0 Å². The number of likely N-dealkylation sites (tertiary alicyclic amines) is 2. The first-order valence-electron chi connectivity index (χ1n) is 9.01. The first kappa shape index (κ1) is 15.7. The molecule has 0 bridgehead atoms. The van der Waals surface area contributed by atoms with E-state index in [-0.39, 0.29) is 18.4 Å². The molecule has 1 unspecified atom stereocenters. The van der Waals surface area contributed by atoms with Gasteiger partial charge in [-0.1, -0.05) is 0 Å². The quantitative estimate of drug-likeness (QED) is 0.903. The van der Waals surface area contributed by atoms with E-state index in [1.165, 1.54) is 0 Å². The molecular formula is C18H25N3O3. The number of aliphatic hydroxyl groups is 1. The van der Waals surface area contributed by atoms with Gasteiger partial charge in [-0.15, -0.1) is 0 Å². The number of carbonyl (C=O) groups is 2. The van der Waals surface area contributed by atoms with Crippen LogP contribution in [0.5, 0.6) is 0 Å². The van der Waals surface area contributed by atoms with E-state index < -0.39 is 5.41 Å². The molecule has 1 aromatic rings. The lowest BCUT2D eigenvalue weighted by Gasteiger charge is -2.39. The molecule has 1 saturated carbocycles. The molecule has 3 fully saturated rings. The van der Waals surface area contributed by atoms with E-state index in [2.05, 4.69) is 4.57 Å². The van der Waals surface area contributed by atoms with Gasteiger partial charge in [-0.25, -0.2) is 0 Å². The Morgan fingerprint density at radius 3 is 2.88 bits per heavy atom. The highest BCUT2D eigenvalue weighted by atomic mass is 16.3. The number of aromatic nitrogens is 1. The van der Waals surface area contributed by atoms with Crippen LogP contribution in [0.4, 0.5) is 0 Å². The molecule has 4 rings (SSSR count). The fourth-order valence-electron chi connectivity index (χ4n) is 4.32. The molecule has 3 aliphatic rings. The summed E-state index contributed by atoms with van der Waals surface area (Å²) in [5, 5.41) is 9.16. The molecule has 130 valence electrons. The summed E-state index contributed by atoms with van der Waals surface area (Å²) < 4.78 is 2.09. The van der Waals surface area contributed by atoms with Crippen molar-refractivity contribution in [3.8, 4) is 0 Å². The Balaban J connectivity index is 1.50. The molecule has 0 aromatic carbocycles. The summed E-state index contributed by atoms with van der Waals surface area (Å²) in [5.41, 5.74) is 0.324. The second-order valence-corrected chi connectivity index (χ2v) is 7.41. The number of piperidine rings is 1. The number of β-amino-alcohol motifs (C(OH)–C–C–N with tert-alkyl or cyclic N) is 1. The molecular weight excluding hydrogens is 306 g/mol. The number of hydrogen-bond donors (Lipinski definition) is 1. The minimum atomic E-state index is -0.430. The predicted molar refractivity (Wildman–Crippen MR) is 88.6 cm³/mol. The molecule has 6 heteroatoms. The third-order valence-electron chi connectivity index (χ3n) is 5.77. The van der Waals surface area contributed by atoms with Gasteiger partial charge in [0, 0.05) is 38.4 Å². The van der Waals surface area contributed by atoms with Gasteiger partial charge in [0.05, 0.1) is 12.0 Å². The van der Waals surface area contributed by atoms with Gasteiger partial charge < -0.3 is 19.5 Å². The highest BCUT2D eigenvalue weighted by Crippen LogP contribution is 2.41. The van der Waals surface area contributed by atoms with E-state index in [4.69, 9.17) is 5.11 Å². The summed E-state index contributed by atoms with van der Waals surface area (Å²) in [7, 11) is 0. The zero-order valence-corrected chi connectivity index (χ0v) is 14.0. The number of aliphatic hydroxyl groups excluding tert-OH is 1. The predicted octanol–water partition coefficient (Wildman–Crippen LogP) is 1.27. The fourth-order valence-corrected chi connectivity index (χ4v) is 4.32. The van der Waals surface area contributed by atoms with Crippen LogP contribution >= 0.6 is 0 Å². The minimum Gasteiger partial charge on any atom is -0.395 e. The van der Waals surface area contributed by atoms with Crippen LogP contribution in [-0.4, -0.2) is 64.1 Å². The normalized spacial score (nSPS) is 27.3. The smallest absolute Gasteiger partial charge is 0.270 e. The van der Waals surface area contributed by atoms with Crippen molar-refractivity contribution in [3.63, 3.8) is 0 Å². The standard InChI is InChI=1S/C18H25N3O3/c22-12-11-19-8-2-6-18(17(19)24)7-10-20(13-18)16(23)15-3-1-9-21(15)14-4-5-14/h1,3,9,14,22H,2,4-8,10-13H2. The summed E-state index contributed by atoms with van der Waals surface area (Å²) in [4.78, 5) is 29.4. The van der Waals surface area contributed by atoms with Crippen molar-refractivity contribution >= 4 is 11.8 Å². The van der Waals surface area contributed by atoms with Crippen LogP contribution in [-0.2, 0) is 4.79 Å². The van der Waals surface area contributed by atoms with Crippen molar-refractivity contribution in [1.82, 2.24) is 14.4 Å². The van der Waals surface area contributed by atoms with Crippen molar-refractivity contribution in [2.75, 3.05) is 32.8 Å². The monoisotopic (exact) mass is 331 g/mol. The summed E-state index contributed by atoms with van der Waals surface area (Å²) in [6, 6.07) is 4.31. The second kappa shape index (κ2) is 5.92. The SMILES string of the molecule is O=C(c1cccn1C1CC1)N1CCC2(CCCN(CCO)C2=O)C1. The Labute approximate surface area is 142 Å². The van der Waals surface area contributed by atoms with Gasteiger partial charge in [0.2, 0.25) is 5.91 Å². The van der Waals surface area contributed by atoms with Crippen molar-refractivity contribution in [1.29, 1.82) is 0 Å². The third kappa shape index (κ3) is 2.53. The maximum atomic E-state index is 12.9. The summed E-state index contributed by atoms with van der Waals surface area (Å²) in [6.07, 6.45) is 6.82. The van der Waals surface area contributed by atoms with Gasteiger partial charge in [-0.2, -0.15) is 0 Å². The van der Waals surface area contributed by atoms with Crippen LogP contribution in [0.2, 0.25) is 0 Å². The second-order valence-electron chi connectivity index (χ2n) is 7.41. The molecule has 2 aliphatic heterocycles. The topological polar surface area (TPSA) is 65.8 Å². The molecule has 1 atom stereocenters. The molecule has 3 heterocycles. The van der Waals surface area contributed by atoms with Gasteiger partial charge in [-0.3, -0.25) is 9.59 Å². The number of hydrogen-bond acceptors (Lipinski definition) is 3. The molecule has 6 nitrogen and oxygen atoms in total. The zero-order chi connectivity index (χ0) is 16.7. The number of carbonyl (C=O) groups excluding carboxylic acids is 2. The average Bonchev–Trinajstić information content (AvgIpc) is 3.16. The minimum absolute atomic E-state index is 0.000626. The molecule has 2 saturated heterocycles. The van der Waals surface area contributed by atoms with Crippen LogP contribution in [0, 0.1) is 5.41 Å². The first-order chi connectivity index (χ1) is 11.6. The first-order valence-corrected chi connectivity index (χ1v) is 9.01. The van der Waals surface area contributed by atoms with E-state index in [1.807, 2.05) is 23.2 Å². The molecule has 1 spiro atoms. The van der Waals surface area contributed by atoms with Gasteiger partial charge in [0.1, 0.15) is 5.69 Å². The van der Waals surface area contributed by atoms with Crippen molar-refractivity contribution in [3.05, 3.63) is 24.0 Å². The molecule has 1 aliphatic carbocycles. The van der Waals surface area contributed by atoms with E-state index in [0.29, 0.717) is 25.7 Å². The maximum absolute atomic E-state index is 12.9. The fraction of sp³-hybridized carbons (Fsp3) is 0.667. The average molecular weight is 331 g/mol. The Kier molecular flexibility index (Phi) is 3.87. The Morgan fingerprint density at radius 2 is 2.12 bits per heavy atom.